The van der Waals surface area contributed by atoms with E-state index in [1.54, 1.807) is 0 Å². The number of hydrogen-bond donors (Lipinski definition) is 3. The van der Waals surface area contributed by atoms with Crippen LogP contribution in [-0.2, 0) is 4.79 Å². The molecule has 0 radical (unpaired) electrons. The minimum Gasteiger partial charge on any atom is -0.481 e. The van der Waals surface area contributed by atoms with Crippen LogP contribution in [0.5, 0.6) is 0 Å². The van der Waals surface area contributed by atoms with Gasteiger partial charge in [0.25, 0.3) is 0 Å². The van der Waals surface area contributed by atoms with Crippen LogP contribution in [0, 0.1) is 17.8 Å². The number of rotatable bonds is 6. The summed E-state index contributed by atoms with van der Waals surface area (Å²) in [5.41, 5.74) is -0.0658. The first-order valence-electron chi connectivity index (χ1n) is 6.43. The lowest BCUT2D eigenvalue weighted by molar-refractivity contribution is -0.137. The minimum atomic E-state index is -0.932. The number of hydrogen-bond acceptors (Lipinski definition) is 2. The second-order valence-corrected chi connectivity index (χ2v) is 5.80. The van der Waals surface area contributed by atoms with Gasteiger partial charge in [0, 0.05) is 6.04 Å². The van der Waals surface area contributed by atoms with Crippen molar-refractivity contribution >= 4 is 12.0 Å². The quantitative estimate of drug-likeness (QED) is 0.644. The molecular weight excluding hydrogens is 244 g/mol. The molecule has 0 heterocycles. The minimum absolute atomic E-state index is 0.0658. The predicted molar refractivity (Wildman–Crippen MR) is 74.7 cm³/mol. The van der Waals surface area contributed by atoms with Crippen molar-refractivity contribution in [3.8, 4) is 12.3 Å². The maximum atomic E-state index is 11.7. The summed E-state index contributed by atoms with van der Waals surface area (Å²) in [6.45, 7) is 7.86. The molecule has 0 rings (SSSR count). The highest BCUT2D eigenvalue weighted by atomic mass is 16.4. The number of carboxylic acid groups (broad SMARTS) is 1. The molecule has 0 bridgehead atoms. The molecule has 5 nitrogen and oxygen atoms in total. The smallest absolute Gasteiger partial charge is 0.315 e. The maximum Gasteiger partial charge on any atom is 0.315 e. The zero-order valence-electron chi connectivity index (χ0n) is 12.1. The molecule has 0 aromatic rings. The highest BCUT2D eigenvalue weighted by Crippen LogP contribution is 2.22. The molecule has 2 amide bonds. The van der Waals surface area contributed by atoms with E-state index in [1.807, 2.05) is 27.7 Å². The Bertz CT molecular complexity index is 353. The number of carboxylic acids is 1. The predicted octanol–water partition coefficient (Wildman–Crippen LogP) is 1.98. The van der Waals surface area contributed by atoms with E-state index in [1.165, 1.54) is 0 Å². The van der Waals surface area contributed by atoms with E-state index in [0.29, 0.717) is 12.8 Å². The Morgan fingerprint density at radius 2 is 1.89 bits per heavy atom. The molecule has 108 valence electrons. The van der Waals surface area contributed by atoms with Crippen LogP contribution in [0.3, 0.4) is 0 Å². The van der Waals surface area contributed by atoms with Crippen LogP contribution in [0.2, 0.25) is 0 Å². The number of carbonyl (C=O) groups excluding carboxylic acids is 1. The van der Waals surface area contributed by atoms with Gasteiger partial charge in [0.2, 0.25) is 0 Å². The Hall–Kier alpha value is -1.70. The number of carbonyl (C=O) groups is 2. The molecule has 0 spiro atoms. The Morgan fingerprint density at radius 1 is 1.32 bits per heavy atom. The summed E-state index contributed by atoms with van der Waals surface area (Å²) in [7, 11) is 0. The van der Waals surface area contributed by atoms with Crippen LogP contribution >= 0.6 is 0 Å². The lowest BCUT2D eigenvalue weighted by atomic mass is 9.87. The normalized spacial score (nSPS) is 14.1. The fourth-order valence-corrected chi connectivity index (χ4v) is 1.77. The third kappa shape index (κ3) is 8.95. The van der Waals surface area contributed by atoms with Crippen LogP contribution in [0.25, 0.3) is 0 Å². The molecule has 0 aromatic heterocycles. The third-order valence-corrected chi connectivity index (χ3v) is 2.53. The molecule has 19 heavy (non-hydrogen) atoms. The highest BCUT2D eigenvalue weighted by molar-refractivity contribution is 5.76. The SMILES string of the molecule is C#CC(CC)NC(=O)NC(CC(=O)O)CC(C)(C)C. The van der Waals surface area contributed by atoms with Crippen LogP contribution < -0.4 is 10.6 Å². The summed E-state index contributed by atoms with van der Waals surface area (Å²) in [5, 5.41) is 14.2. The van der Waals surface area contributed by atoms with E-state index in [0.717, 1.165) is 0 Å². The fraction of sp³-hybridized carbons (Fsp3) is 0.714. The van der Waals surface area contributed by atoms with Crippen LogP contribution in [0.15, 0.2) is 0 Å². The van der Waals surface area contributed by atoms with Gasteiger partial charge in [-0.15, -0.1) is 6.42 Å². The maximum absolute atomic E-state index is 11.7. The summed E-state index contributed by atoms with van der Waals surface area (Å²) < 4.78 is 0. The Balaban J connectivity index is 4.51. The van der Waals surface area contributed by atoms with Crippen molar-refractivity contribution in [3.63, 3.8) is 0 Å². The standard InChI is InChI=1S/C14H24N2O3/c1-6-10(7-2)15-13(19)16-11(8-12(17)18)9-14(3,4)5/h1,10-11H,7-9H2,2-5H3,(H,17,18)(H2,15,16,19). The van der Waals surface area contributed by atoms with Gasteiger partial charge in [-0.3, -0.25) is 4.79 Å². The zero-order chi connectivity index (χ0) is 15.1. The lowest BCUT2D eigenvalue weighted by Gasteiger charge is -2.26. The van der Waals surface area contributed by atoms with Gasteiger partial charge in [-0.05, 0) is 18.3 Å². The van der Waals surface area contributed by atoms with Gasteiger partial charge >= 0.3 is 12.0 Å². The van der Waals surface area contributed by atoms with Gasteiger partial charge in [0.05, 0.1) is 12.5 Å². The van der Waals surface area contributed by atoms with E-state index < -0.39 is 18.0 Å². The Kier molecular flexibility index (Phi) is 6.99. The van der Waals surface area contributed by atoms with Gasteiger partial charge < -0.3 is 15.7 Å². The number of terminal acetylenes is 1. The van der Waals surface area contributed by atoms with Gasteiger partial charge in [0.15, 0.2) is 0 Å². The number of aliphatic carboxylic acids is 1. The first-order valence-corrected chi connectivity index (χ1v) is 6.43. The summed E-state index contributed by atoms with van der Waals surface area (Å²) in [5.74, 6) is 1.52. The first-order chi connectivity index (χ1) is 8.67. The van der Waals surface area contributed by atoms with Gasteiger partial charge in [-0.1, -0.05) is 33.6 Å². The molecule has 0 aliphatic rings. The van der Waals surface area contributed by atoms with Gasteiger partial charge in [-0.25, -0.2) is 4.79 Å². The lowest BCUT2D eigenvalue weighted by Crippen LogP contribution is -2.47. The summed E-state index contributed by atoms with van der Waals surface area (Å²) in [6.07, 6.45) is 6.37. The van der Waals surface area contributed by atoms with Crippen molar-refractivity contribution in [2.75, 3.05) is 0 Å². The molecule has 3 N–H and O–H groups in total. The summed E-state index contributed by atoms with van der Waals surface area (Å²) in [6, 6.07) is -1.16. The van der Waals surface area contributed by atoms with Crippen molar-refractivity contribution in [1.29, 1.82) is 0 Å². The topological polar surface area (TPSA) is 78.4 Å². The molecule has 0 aliphatic heterocycles. The fourth-order valence-electron chi connectivity index (χ4n) is 1.77. The van der Waals surface area contributed by atoms with E-state index in [-0.39, 0.29) is 17.9 Å². The molecule has 0 aromatic carbocycles. The van der Waals surface area contributed by atoms with E-state index >= 15 is 0 Å². The van der Waals surface area contributed by atoms with Crippen molar-refractivity contribution in [3.05, 3.63) is 0 Å². The summed E-state index contributed by atoms with van der Waals surface area (Å²) >= 11 is 0. The van der Waals surface area contributed by atoms with E-state index in [4.69, 9.17) is 11.5 Å². The average Bonchev–Trinajstić information content (AvgIpc) is 2.22. The zero-order valence-corrected chi connectivity index (χ0v) is 12.1. The number of urea groups is 1. The molecule has 2 atom stereocenters. The van der Waals surface area contributed by atoms with Gasteiger partial charge in [0.1, 0.15) is 0 Å². The molecule has 5 heteroatoms. The molecule has 0 fully saturated rings. The van der Waals surface area contributed by atoms with Crippen molar-refractivity contribution in [2.24, 2.45) is 5.41 Å². The third-order valence-electron chi connectivity index (χ3n) is 2.53. The second kappa shape index (κ2) is 7.67. The Morgan fingerprint density at radius 3 is 2.26 bits per heavy atom. The van der Waals surface area contributed by atoms with E-state index in [9.17, 15) is 9.59 Å². The second-order valence-electron chi connectivity index (χ2n) is 5.80. The molecule has 0 aliphatic carbocycles. The van der Waals surface area contributed by atoms with Crippen molar-refractivity contribution < 1.29 is 14.7 Å². The average molecular weight is 268 g/mol. The van der Waals surface area contributed by atoms with Gasteiger partial charge in [-0.2, -0.15) is 0 Å². The van der Waals surface area contributed by atoms with Crippen LogP contribution in [0.4, 0.5) is 4.79 Å². The van der Waals surface area contributed by atoms with Crippen molar-refractivity contribution in [2.45, 2.75) is 59.0 Å². The molecule has 0 saturated carbocycles. The number of amides is 2. The van der Waals surface area contributed by atoms with Crippen LogP contribution in [0.1, 0.15) is 47.0 Å². The van der Waals surface area contributed by atoms with E-state index in [2.05, 4.69) is 16.6 Å². The molecule has 2 unspecified atom stereocenters. The monoisotopic (exact) mass is 268 g/mol. The molecule has 0 saturated heterocycles. The first kappa shape index (κ1) is 17.3. The molecular formula is C14H24N2O3. The van der Waals surface area contributed by atoms with Crippen LogP contribution in [-0.4, -0.2) is 29.2 Å². The largest absolute Gasteiger partial charge is 0.481 e. The highest BCUT2D eigenvalue weighted by Gasteiger charge is 2.23. The Labute approximate surface area is 115 Å². The number of nitrogens with one attached hydrogen (secondary N) is 2. The summed E-state index contributed by atoms with van der Waals surface area (Å²) in [4.78, 5) is 22.5. The van der Waals surface area contributed by atoms with Crippen molar-refractivity contribution in [1.82, 2.24) is 10.6 Å².